The summed E-state index contributed by atoms with van der Waals surface area (Å²) in [6.45, 7) is -0.590. The maximum absolute atomic E-state index is 12.6. The molecule has 0 bridgehead atoms. The van der Waals surface area contributed by atoms with Crippen LogP contribution in [0, 0.1) is 0 Å². The van der Waals surface area contributed by atoms with Gasteiger partial charge < -0.3 is 9.84 Å². The lowest BCUT2D eigenvalue weighted by atomic mass is 10.2. The number of sulfonamides is 1. The average molecular weight is 498 g/mol. The molecule has 0 saturated carbocycles. The molecule has 1 heterocycles. The predicted octanol–water partition coefficient (Wildman–Crippen LogP) is 3.28. The van der Waals surface area contributed by atoms with Crippen LogP contribution in [-0.2, 0) is 26.1 Å². The molecule has 9 nitrogen and oxygen atoms in total. The number of carbonyl (C=O) groups excluding carboxylic acids is 2. The highest BCUT2D eigenvalue weighted by Crippen LogP contribution is 2.25. The van der Waals surface area contributed by atoms with Gasteiger partial charge in [-0.1, -0.05) is 53.8 Å². The number of phenolic OH excluding ortho intramolecular Hbond substituents is 1. The van der Waals surface area contributed by atoms with E-state index < -0.39 is 34.3 Å². The Morgan fingerprint density at radius 1 is 1.00 bits per heavy atom. The number of thiazole rings is 1. The van der Waals surface area contributed by atoms with Crippen molar-refractivity contribution in [2.45, 2.75) is 11.4 Å². The van der Waals surface area contributed by atoms with Gasteiger partial charge in [0.25, 0.3) is 5.91 Å². The topological polar surface area (TPSA) is 135 Å². The van der Waals surface area contributed by atoms with Gasteiger partial charge in [0.05, 0.1) is 15.1 Å². The Kier molecular flexibility index (Phi) is 6.87. The third-order valence-corrected chi connectivity index (χ3v) is 7.03. The number of anilines is 1. The lowest BCUT2D eigenvalue weighted by Crippen LogP contribution is -2.24. The van der Waals surface area contributed by atoms with Crippen molar-refractivity contribution in [3.63, 3.8) is 0 Å². The van der Waals surface area contributed by atoms with E-state index in [2.05, 4.69) is 15.0 Å². The summed E-state index contributed by atoms with van der Waals surface area (Å²) >= 11 is 1.27. The molecule has 11 heteroatoms. The van der Waals surface area contributed by atoms with Gasteiger partial charge in [-0.05, 0) is 35.9 Å². The van der Waals surface area contributed by atoms with Crippen LogP contribution in [0.5, 0.6) is 5.75 Å². The first-order valence-corrected chi connectivity index (χ1v) is 12.3. The van der Waals surface area contributed by atoms with Crippen molar-refractivity contribution in [2.75, 3.05) is 11.9 Å². The van der Waals surface area contributed by atoms with Crippen LogP contribution in [0.1, 0.15) is 15.9 Å². The van der Waals surface area contributed by atoms with Crippen molar-refractivity contribution in [1.82, 2.24) is 9.71 Å². The minimum absolute atomic E-state index is 0.0514. The standard InChI is InChI=1S/C23H19N3O6S2/c27-19-11-10-16(34(30,31)24-13-15-6-2-1-3-7-15)12-17(19)22(29)32-14-21(28)26-23-25-18-8-4-5-9-20(18)33-23/h1-12,24,27H,13-14H2,(H,25,26,28). The van der Waals surface area contributed by atoms with Crippen molar-refractivity contribution in [3.05, 3.63) is 83.9 Å². The fourth-order valence-corrected chi connectivity index (χ4v) is 4.92. The molecule has 34 heavy (non-hydrogen) atoms. The number of fused-ring (bicyclic) bond motifs is 1. The largest absolute Gasteiger partial charge is 0.507 e. The number of para-hydroxylation sites is 1. The van der Waals surface area contributed by atoms with E-state index in [9.17, 15) is 23.1 Å². The number of carbonyl (C=O) groups is 2. The number of esters is 1. The van der Waals surface area contributed by atoms with Crippen molar-refractivity contribution in [2.24, 2.45) is 0 Å². The first-order valence-electron chi connectivity index (χ1n) is 10.0. The van der Waals surface area contributed by atoms with Crippen LogP contribution in [0.3, 0.4) is 0 Å². The SMILES string of the molecule is O=C(COC(=O)c1cc(S(=O)(=O)NCc2ccccc2)ccc1O)Nc1nc2ccccc2s1. The van der Waals surface area contributed by atoms with E-state index in [-0.39, 0.29) is 17.0 Å². The number of hydrogen-bond donors (Lipinski definition) is 3. The van der Waals surface area contributed by atoms with Gasteiger partial charge in [0.1, 0.15) is 11.3 Å². The molecule has 0 aliphatic rings. The van der Waals surface area contributed by atoms with Crippen molar-refractivity contribution in [3.8, 4) is 5.75 Å². The van der Waals surface area contributed by atoms with Crippen LogP contribution >= 0.6 is 11.3 Å². The summed E-state index contributed by atoms with van der Waals surface area (Å²) in [7, 11) is -3.97. The Balaban J connectivity index is 1.39. The van der Waals surface area contributed by atoms with Crippen molar-refractivity contribution >= 4 is 48.6 Å². The third-order valence-electron chi connectivity index (χ3n) is 4.68. The fourth-order valence-electron chi connectivity index (χ4n) is 2.99. The van der Waals surface area contributed by atoms with Crippen molar-refractivity contribution in [1.29, 1.82) is 0 Å². The molecular weight excluding hydrogens is 478 g/mol. The third kappa shape index (κ3) is 5.57. The molecule has 0 spiro atoms. The number of aromatic nitrogens is 1. The number of nitrogens with zero attached hydrogens (tertiary/aromatic N) is 1. The van der Waals surface area contributed by atoms with Gasteiger partial charge in [-0.15, -0.1) is 0 Å². The highest BCUT2D eigenvalue weighted by atomic mass is 32.2. The number of ether oxygens (including phenoxy) is 1. The Hall–Kier alpha value is -3.80. The van der Waals surface area contributed by atoms with Gasteiger partial charge in [-0.25, -0.2) is 22.9 Å². The smallest absolute Gasteiger partial charge is 0.342 e. The van der Waals surface area contributed by atoms with E-state index in [1.165, 1.54) is 17.4 Å². The minimum atomic E-state index is -3.97. The number of aromatic hydroxyl groups is 1. The number of rotatable bonds is 8. The molecule has 1 aromatic heterocycles. The molecule has 0 radical (unpaired) electrons. The molecule has 0 atom stereocenters. The van der Waals surface area contributed by atoms with Crippen LogP contribution in [0.25, 0.3) is 10.2 Å². The van der Waals surface area contributed by atoms with E-state index in [1.54, 1.807) is 30.3 Å². The van der Waals surface area contributed by atoms with E-state index in [1.807, 2.05) is 24.3 Å². The Morgan fingerprint density at radius 3 is 2.50 bits per heavy atom. The lowest BCUT2D eigenvalue weighted by molar-refractivity contribution is -0.119. The van der Waals surface area contributed by atoms with Crippen LogP contribution in [-0.4, -0.2) is 37.0 Å². The molecule has 4 rings (SSSR count). The molecule has 0 unspecified atom stereocenters. The average Bonchev–Trinajstić information content (AvgIpc) is 3.24. The quantitative estimate of drug-likeness (QED) is 0.318. The lowest BCUT2D eigenvalue weighted by Gasteiger charge is -2.10. The predicted molar refractivity (Wildman–Crippen MR) is 127 cm³/mol. The maximum Gasteiger partial charge on any atom is 0.342 e. The molecule has 3 aromatic carbocycles. The number of amides is 1. The van der Waals surface area contributed by atoms with Gasteiger partial charge in [0.15, 0.2) is 11.7 Å². The molecule has 174 valence electrons. The summed E-state index contributed by atoms with van der Waals surface area (Å²) < 4.78 is 33.5. The Bertz CT molecular complexity index is 1420. The molecule has 0 aliphatic carbocycles. The molecule has 1 amide bonds. The summed E-state index contributed by atoms with van der Waals surface area (Å²) in [5.41, 5.74) is 1.10. The molecular formula is C23H19N3O6S2. The van der Waals surface area contributed by atoms with Gasteiger partial charge in [0, 0.05) is 6.54 Å². The maximum atomic E-state index is 12.6. The first kappa shape index (κ1) is 23.4. The van der Waals surface area contributed by atoms with Crippen LogP contribution in [0.4, 0.5) is 5.13 Å². The fraction of sp³-hybridized carbons (Fsp3) is 0.0870. The Morgan fingerprint density at radius 2 is 1.74 bits per heavy atom. The van der Waals surface area contributed by atoms with E-state index in [0.717, 1.165) is 27.9 Å². The number of benzene rings is 3. The summed E-state index contributed by atoms with van der Waals surface area (Å²) in [4.78, 5) is 28.6. The van der Waals surface area contributed by atoms with Crippen molar-refractivity contribution < 1.29 is 27.9 Å². The molecule has 0 saturated heterocycles. The first-order chi connectivity index (χ1) is 16.3. The van der Waals surface area contributed by atoms with E-state index in [4.69, 9.17) is 4.74 Å². The second-order valence-corrected chi connectivity index (χ2v) is 9.90. The van der Waals surface area contributed by atoms with E-state index >= 15 is 0 Å². The van der Waals surface area contributed by atoms with Crippen LogP contribution < -0.4 is 10.0 Å². The molecule has 3 N–H and O–H groups in total. The second kappa shape index (κ2) is 10.00. The van der Waals surface area contributed by atoms with Gasteiger partial charge >= 0.3 is 5.97 Å². The minimum Gasteiger partial charge on any atom is -0.507 e. The zero-order chi connectivity index (χ0) is 24.1. The zero-order valence-corrected chi connectivity index (χ0v) is 19.2. The summed E-state index contributed by atoms with van der Waals surface area (Å²) in [6, 6.07) is 19.5. The number of hydrogen-bond acceptors (Lipinski definition) is 8. The molecule has 0 aliphatic heterocycles. The van der Waals surface area contributed by atoms with Crippen LogP contribution in [0.15, 0.2) is 77.7 Å². The highest BCUT2D eigenvalue weighted by Gasteiger charge is 2.21. The number of phenols is 1. The normalized spacial score (nSPS) is 11.3. The highest BCUT2D eigenvalue weighted by molar-refractivity contribution is 7.89. The summed E-state index contributed by atoms with van der Waals surface area (Å²) in [5.74, 6) is -2.14. The summed E-state index contributed by atoms with van der Waals surface area (Å²) in [6.07, 6.45) is 0. The van der Waals surface area contributed by atoms with Gasteiger partial charge in [-0.2, -0.15) is 0 Å². The van der Waals surface area contributed by atoms with Crippen LogP contribution in [0.2, 0.25) is 0 Å². The Labute approximate surface area is 199 Å². The monoisotopic (exact) mass is 497 g/mol. The number of nitrogens with one attached hydrogen (secondary N) is 2. The molecule has 4 aromatic rings. The van der Waals surface area contributed by atoms with Gasteiger partial charge in [-0.3, -0.25) is 10.1 Å². The summed E-state index contributed by atoms with van der Waals surface area (Å²) in [5, 5.41) is 12.9. The van der Waals surface area contributed by atoms with E-state index in [0.29, 0.717) is 5.13 Å². The zero-order valence-electron chi connectivity index (χ0n) is 17.6. The van der Waals surface area contributed by atoms with Gasteiger partial charge in [0.2, 0.25) is 10.0 Å². The molecule has 0 fully saturated rings. The second-order valence-electron chi connectivity index (χ2n) is 7.10.